The summed E-state index contributed by atoms with van der Waals surface area (Å²) in [6.45, 7) is 6.60. The summed E-state index contributed by atoms with van der Waals surface area (Å²) in [5.41, 5.74) is 3.51. The van der Waals surface area contributed by atoms with Crippen molar-refractivity contribution < 1.29 is 14.3 Å². The molecule has 0 aromatic heterocycles. The van der Waals surface area contributed by atoms with Crippen LogP contribution in [0.25, 0.3) is 0 Å². The van der Waals surface area contributed by atoms with Crippen LogP contribution in [0.4, 0.5) is 0 Å². The molecule has 2 aromatic rings. The lowest BCUT2D eigenvalue weighted by Gasteiger charge is -2.35. The van der Waals surface area contributed by atoms with E-state index in [1.807, 2.05) is 23.1 Å². The van der Waals surface area contributed by atoms with Crippen LogP contribution in [0, 0.1) is 6.92 Å². The largest absolute Gasteiger partial charge is 0.454 e. The second kappa shape index (κ2) is 7.38. The van der Waals surface area contributed by atoms with Gasteiger partial charge >= 0.3 is 0 Å². The molecule has 0 atom stereocenters. The average molecular weight is 352 g/mol. The van der Waals surface area contributed by atoms with Gasteiger partial charge in [0.25, 0.3) is 0 Å². The standard InChI is InChI=1S/C21H24N2O3/c1-16-3-2-4-17(11-16)13-21(24)23-9-7-22(8-10-23)14-18-5-6-19-20(12-18)26-15-25-19/h2-6,11-12H,7-10,13-15H2,1H3. The molecule has 2 heterocycles. The Balaban J connectivity index is 1.29. The third kappa shape index (κ3) is 3.83. The van der Waals surface area contributed by atoms with E-state index in [-0.39, 0.29) is 5.91 Å². The van der Waals surface area contributed by atoms with E-state index in [9.17, 15) is 4.79 Å². The van der Waals surface area contributed by atoms with Gasteiger partial charge in [-0.25, -0.2) is 0 Å². The summed E-state index contributed by atoms with van der Waals surface area (Å²) in [7, 11) is 0. The number of fused-ring (bicyclic) bond motifs is 1. The normalized spacial score (nSPS) is 16.7. The van der Waals surface area contributed by atoms with Crippen LogP contribution in [0.2, 0.25) is 0 Å². The molecule has 26 heavy (non-hydrogen) atoms. The van der Waals surface area contributed by atoms with Crippen molar-refractivity contribution >= 4 is 5.91 Å². The number of nitrogens with zero attached hydrogens (tertiary/aromatic N) is 2. The number of hydrogen-bond donors (Lipinski definition) is 0. The molecule has 2 aliphatic heterocycles. The third-order valence-corrected chi connectivity index (χ3v) is 5.01. The van der Waals surface area contributed by atoms with Crippen molar-refractivity contribution in [3.05, 3.63) is 59.2 Å². The number of carbonyl (C=O) groups excluding carboxylic acids is 1. The van der Waals surface area contributed by atoms with Crippen LogP contribution in [-0.4, -0.2) is 48.7 Å². The fourth-order valence-corrected chi connectivity index (χ4v) is 3.56. The summed E-state index contributed by atoms with van der Waals surface area (Å²) in [6, 6.07) is 14.3. The average Bonchev–Trinajstić information content (AvgIpc) is 3.10. The van der Waals surface area contributed by atoms with Gasteiger partial charge in [-0.2, -0.15) is 0 Å². The van der Waals surface area contributed by atoms with Gasteiger partial charge in [-0.15, -0.1) is 0 Å². The molecule has 5 nitrogen and oxygen atoms in total. The van der Waals surface area contributed by atoms with Gasteiger partial charge in [0.15, 0.2) is 11.5 Å². The Morgan fingerprint density at radius 1 is 0.962 bits per heavy atom. The molecule has 0 unspecified atom stereocenters. The summed E-state index contributed by atoms with van der Waals surface area (Å²) in [6.07, 6.45) is 0.490. The van der Waals surface area contributed by atoms with Crippen molar-refractivity contribution in [1.82, 2.24) is 9.80 Å². The molecule has 1 saturated heterocycles. The highest BCUT2D eigenvalue weighted by molar-refractivity contribution is 5.79. The van der Waals surface area contributed by atoms with Gasteiger partial charge < -0.3 is 14.4 Å². The molecule has 1 amide bonds. The minimum Gasteiger partial charge on any atom is -0.454 e. The lowest BCUT2D eigenvalue weighted by atomic mass is 10.1. The first-order valence-corrected chi connectivity index (χ1v) is 9.11. The van der Waals surface area contributed by atoms with E-state index in [1.54, 1.807) is 0 Å². The minimum absolute atomic E-state index is 0.221. The summed E-state index contributed by atoms with van der Waals surface area (Å²) in [4.78, 5) is 16.9. The Morgan fingerprint density at radius 2 is 1.77 bits per heavy atom. The van der Waals surface area contributed by atoms with E-state index in [4.69, 9.17) is 9.47 Å². The van der Waals surface area contributed by atoms with Crippen molar-refractivity contribution in [3.8, 4) is 11.5 Å². The quantitative estimate of drug-likeness (QED) is 0.848. The van der Waals surface area contributed by atoms with Crippen molar-refractivity contribution in [3.63, 3.8) is 0 Å². The highest BCUT2D eigenvalue weighted by atomic mass is 16.7. The molecule has 2 aromatic carbocycles. The van der Waals surface area contributed by atoms with Crippen molar-refractivity contribution in [1.29, 1.82) is 0 Å². The zero-order valence-corrected chi connectivity index (χ0v) is 15.1. The Hall–Kier alpha value is -2.53. The molecule has 1 fully saturated rings. The molecule has 0 aliphatic carbocycles. The fraction of sp³-hybridized carbons (Fsp3) is 0.381. The number of aryl methyl sites for hydroxylation is 1. The van der Waals surface area contributed by atoms with Crippen LogP contribution in [0.1, 0.15) is 16.7 Å². The van der Waals surface area contributed by atoms with Gasteiger partial charge in [0.1, 0.15) is 0 Å². The number of rotatable bonds is 4. The number of piperazine rings is 1. The van der Waals surface area contributed by atoms with Gasteiger partial charge in [0.2, 0.25) is 12.7 Å². The lowest BCUT2D eigenvalue weighted by Crippen LogP contribution is -2.48. The summed E-state index contributed by atoms with van der Waals surface area (Å²) >= 11 is 0. The number of amides is 1. The highest BCUT2D eigenvalue weighted by Gasteiger charge is 2.22. The second-order valence-electron chi connectivity index (χ2n) is 7.01. The predicted molar refractivity (Wildman–Crippen MR) is 99.3 cm³/mol. The Morgan fingerprint density at radius 3 is 2.58 bits per heavy atom. The van der Waals surface area contributed by atoms with E-state index >= 15 is 0 Å². The van der Waals surface area contributed by atoms with Crippen LogP contribution >= 0.6 is 0 Å². The van der Waals surface area contributed by atoms with Crippen molar-refractivity contribution in [2.45, 2.75) is 19.9 Å². The zero-order valence-electron chi connectivity index (χ0n) is 15.1. The Kier molecular flexibility index (Phi) is 4.80. The van der Waals surface area contributed by atoms with Gasteiger partial charge in [0, 0.05) is 32.7 Å². The van der Waals surface area contributed by atoms with Crippen LogP contribution in [-0.2, 0) is 17.8 Å². The number of carbonyl (C=O) groups is 1. The smallest absolute Gasteiger partial charge is 0.231 e. The molecular formula is C21H24N2O3. The van der Waals surface area contributed by atoms with Gasteiger partial charge in [0.05, 0.1) is 6.42 Å². The van der Waals surface area contributed by atoms with E-state index in [0.29, 0.717) is 13.2 Å². The number of hydrogen-bond acceptors (Lipinski definition) is 4. The first-order valence-electron chi connectivity index (χ1n) is 9.11. The molecule has 0 radical (unpaired) electrons. The summed E-state index contributed by atoms with van der Waals surface area (Å²) in [5, 5.41) is 0. The van der Waals surface area contributed by atoms with Crippen molar-refractivity contribution in [2.24, 2.45) is 0 Å². The molecular weight excluding hydrogens is 328 g/mol. The highest BCUT2D eigenvalue weighted by Crippen LogP contribution is 2.32. The van der Waals surface area contributed by atoms with Gasteiger partial charge in [-0.1, -0.05) is 35.9 Å². The molecule has 0 N–H and O–H groups in total. The van der Waals surface area contributed by atoms with Crippen LogP contribution in [0.5, 0.6) is 11.5 Å². The lowest BCUT2D eigenvalue weighted by molar-refractivity contribution is -0.132. The summed E-state index contributed by atoms with van der Waals surface area (Å²) < 4.78 is 10.8. The zero-order chi connectivity index (χ0) is 17.9. The Bertz CT molecular complexity index is 798. The molecule has 4 rings (SSSR count). The molecule has 136 valence electrons. The van der Waals surface area contributed by atoms with Crippen molar-refractivity contribution in [2.75, 3.05) is 33.0 Å². The molecule has 0 saturated carbocycles. The van der Waals surface area contributed by atoms with Gasteiger partial charge in [-0.3, -0.25) is 9.69 Å². The van der Waals surface area contributed by atoms with Gasteiger partial charge in [-0.05, 0) is 30.2 Å². The molecule has 0 bridgehead atoms. The maximum absolute atomic E-state index is 12.5. The topological polar surface area (TPSA) is 42.0 Å². The maximum atomic E-state index is 12.5. The first-order chi connectivity index (χ1) is 12.7. The second-order valence-corrected chi connectivity index (χ2v) is 7.01. The molecule has 2 aliphatic rings. The Labute approximate surface area is 154 Å². The number of benzene rings is 2. The van der Waals surface area contributed by atoms with Crippen LogP contribution < -0.4 is 9.47 Å². The number of ether oxygens (including phenoxy) is 2. The fourth-order valence-electron chi connectivity index (χ4n) is 3.56. The minimum atomic E-state index is 0.221. The van der Waals surface area contributed by atoms with Crippen LogP contribution in [0.15, 0.2) is 42.5 Å². The van der Waals surface area contributed by atoms with E-state index in [1.165, 1.54) is 11.1 Å². The summed E-state index contributed by atoms with van der Waals surface area (Å²) in [5.74, 6) is 1.87. The monoisotopic (exact) mass is 352 g/mol. The van der Waals surface area contributed by atoms with E-state index < -0.39 is 0 Å². The predicted octanol–water partition coefficient (Wildman–Crippen LogP) is 2.61. The van der Waals surface area contributed by atoms with E-state index in [0.717, 1.165) is 49.8 Å². The van der Waals surface area contributed by atoms with E-state index in [2.05, 4.69) is 36.1 Å². The maximum Gasteiger partial charge on any atom is 0.231 e. The van der Waals surface area contributed by atoms with Crippen LogP contribution in [0.3, 0.4) is 0 Å². The first kappa shape index (κ1) is 16.9. The molecule has 5 heteroatoms. The SMILES string of the molecule is Cc1cccc(CC(=O)N2CCN(Cc3ccc4c(c3)OCO4)CC2)c1. The molecule has 0 spiro atoms. The third-order valence-electron chi connectivity index (χ3n) is 5.01.